The fourth-order valence-electron chi connectivity index (χ4n) is 2.79. The summed E-state index contributed by atoms with van der Waals surface area (Å²) >= 11 is 3.45. The van der Waals surface area contributed by atoms with Crippen LogP contribution in [0.25, 0.3) is 0 Å². The van der Waals surface area contributed by atoms with Gasteiger partial charge in [-0.05, 0) is 38.5 Å². The molecule has 1 heterocycles. The molecular weight excluding hydrogens is 306 g/mol. The first kappa shape index (κ1) is 17.0. The van der Waals surface area contributed by atoms with Crippen molar-refractivity contribution < 1.29 is 9.53 Å². The summed E-state index contributed by atoms with van der Waals surface area (Å²) in [5.74, 6) is 0.294. The number of hydrogen-bond acceptors (Lipinski definition) is 2. The Balaban J connectivity index is 2.41. The summed E-state index contributed by atoms with van der Waals surface area (Å²) in [7, 11) is 0. The van der Waals surface area contributed by atoms with Crippen LogP contribution in [0.15, 0.2) is 0 Å². The first-order valence-electron chi connectivity index (χ1n) is 7.69. The van der Waals surface area contributed by atoms with Crippen molar-refractivity contribution in [3.63, 3.8) is 0 Å². The van der Waals surface area contributed by atoms with Crippen LogP contribution in [0, 0.1) is 0 Å². The van der Waals surface area contributed by atoms with E-state index in [2.05, 4.69) is 34.7 Å². The average Bonchev–Trinajstić information content (AvgIpc) is 2.46. The van der Waals surface area contributed by atoms with Gasteiger partial charge in [-0.25, -0.2) is 0 Å². The Kier molecular flexibility index (Phi) is 8.71. The fourth-order valence-corrected chi connectivity index (χ4v) is 3.18. The number of carbonyl (C=O) groups excluding carboxylic acids is 1. The second-order valence-electron chi connectivity index (χ2n) is 5.27. The van der Waals surface area contributed by atoms with Gasteiger partial charge in [0.1, 0.15) is 0 Å². The highest BCUT2D eigenvalue weighted by atomic mass is 79.9. The van der Waals surface area contributed by atoms with E-state index in [1.54, 1.807) is 0 Å². The van der Waals surface area contributed by atoms with Crippen LogP contribution in [-0.4, -0.2) is 41.4 Å². The van der Waals surface area contributed by atoms with E-state index in [9.17, 15) is 4.79 Å². The number of halogens is 1. The molecule has 0 aromatic carbocycles. The molecule has 112 valence electrons. The molecule has 0 aromatic rings. The van der Waals surface area contributed by atoms with Gasteiger partial charge in [0.25, 0.3) is 0 Å². The maximum Gasteiger partial charge on any atom is 0.222 e. The van der Waals surface area contributed by atoms with Crippen molar-refractivity contribution in [1.82, 2.24) is 4.90 Å². The van der Waals surface area contributed by atoms with Crippen LogP contribution in [0.2, 0.25) is 0 Å². The summed E-state index contributed by atoms with van der Waals surface area (Å²) in [6.07, 6.45) is 7.45. The standard InChI is InChI=1S/C15H28BrNO2/c1-3-13(4-2)17(11-10-16)15(18)9-8-14-7-5-6-12-19-14/h13-14H,3-12H2,1-2H3. The minimum Gasteiger partial charge on any atom is -0.378 e. The Morgan fingerprint density at radius 2 is 2.11 bits per heavy atom. The van der Waals surface area contributed by atoms with Crippen LogP contribution in [0.4, 0.5) is 0 Å². The fraction of sp³-hybridized carbons (Fsp3) is 0.933. The van der Waals surface area contributed by atoms with Gasteiger partial charge in [0.15, 0.2) is 0 Å². The first-order valence-corrected chi connectivity index (χ1v) is 8.82. The van der Waals surface area contributed by atoms with Crippen LogP contribution in [0.3, 0.4) is 0 Å². The minimum atomic E-state index is 0.294. The number of nitrogens with zero attached hydrogens (tertiary/aromatic N) is 1. The Labute approximate surface area is 126 Å². The Morgan fingerprint density at radius 3 is 2.63 bits per heavy atom. The van der Waals surface area contributed by atoms with Gasteiger partial charge in [-0.3, -0.25) is 4.79 Å². The maximum absolute atomic E-state index is 12.4. The predicted molar refractivity (Wildman–Crippen MR) is 82.7 cm³/mol. The first-order chi connectivity index (χ1) is 9.22. The summed E-state index contributed by atoms with van der Waals surface area (Å²) in [6, 6.07) is 0.386. The van der Waals surface area contributed by atoms with Crippen molar-refractivity contribution in [3.05, 3.63) is 0 Å². The normalized spacial score (nSPS) is 19.7. The molecule has 0 N–H and O–H groups in total. The lowest BCUT2D eigenvalue weighted by molar-refractivity contribution is -0.134. The van der Waals surface area contributed by atoms with Crippen molar-refractivity contribution in [2.24, 2.45) is 0 Å². The number of hydrogen-bond donors (Lipinski definition) is 0. The number of ether oxygens (including phenoxy) is 1. The molecule has 1 aliphatic heterocycles. The van der Waals surface area contributed by atoms with E-state index in [-0.39, 0.29) is 0 Å². The average molecular weight is 334 g/mol. The molecule has 0 spiro atoms. The number of amides is 1. The van der Waals surface area contributed by atoms with Gasteiger partial charge in [0.05, 0.1) is 6.10 Å². The largest absolute Gasteiger partial charge is 0.378 e. The Hall–Kier alpha value is -0.0900. The molecule has 1 saturated heterocycles. The van der Waals surface area contributed by atoms with Crippen LogP contribution >= 0.6 is 15.9 Å². The minimum absolute atomic E-state index is 0.294. The van der Waals surface area contributed by atoms with Gasteiger partial charge < -0.3 is 9.64 Å². The van der Waals surface area contributed by atoms with Crippen LogP contribution < -0.4 is 0 Å². The zero-order valence-corrected chi connectivity index (χ0v) is 14.0. The molecule has 3 nitrogen and oxygen atoms in total. The SMILES string of the molecule is CCC(CC)N(CCBr)C(=O)CCC1CCCCO1. The topological polar surface area (TPSA) is 29.5 Å². The van der Waals surface area contributed by atoms with E-state index in [0.29, 0.717) is 24.5 Å². The molecule has 1 unspecified atom stereocenters. The van der Waals surface area contributed by atoms with Gasteiger partial charge in [0, 0.05) is 30.9 Å². The molecular formula is C15H28BrNO2. The second kappa shape index (κ2) is 9.76. The molecule has 4 heteroatoms. The van der Waals surface area contributed by atoms with Crippen molar-refractivity contribution in [1.29, 1.82) is 0 Å². The quantitative estimate of drug-likeness (QED) is 0.633. The number of rotatable bonds is 8. The third kappa shape index (κ3) is 5.82. The van der Waals surface area contributed by atoms with Crippen molar-refractivity contribution in [2.45, 2.75) is 70.9 Å². The van der Waals surface area contributed by atoms with Crippen LogP contribution in [-0.2, 0) is 9.53 Å². The molecule has 1 rings (SSSR count). The summed E-state index contributed by atoms with van der Waals surface area (Å²) in [5.41, 5.74) is 0. The van der Waals surface area contributed by atoms with Crippen molar-refractivity contribution in [3.8, 4) is 0 Å². The molecule has 19 heavy (non-hydrogen) atoms. The highest BCUT2D eigenvalue weighted by molar-refractivity contribution is 9.09. The van der Waals surface area contributed by atoms with Gasteiger partial charge >= 0.3 is 0 Å². The van der Waals surface area contributed by atoms with E-state index < -0.39 is 0 Å². The zero-order valence-electron chi connectivity index (χ0n) is 12.4. The highest BCUT2D eigenvalue weighted by Crippen LogP contribution is 2.19. The summed E-state index contributed by atoms with van der Waals surface area (Å²) in [5, 5.41) is 0.856. The molecule has 0 aliphatic carbocycles. The molecule has 0 saturated carbocycles. The monoisotopic (exact) mass is 333 g/mol. The maximum atomic E-state index is 12.4. The molecule has 0 bridgehead atoms. The van der Waals surface area contributed by atoms with Gasteiger partial charge in [-0.15, -0.1) is 0 Å². The van der Waals surface area contributed by atoms with E-state index in [4.69, 9.17) is 4.74 Å². The van der Waals surface area contributed by atoms with E-state index in [1.807, 2.05) is 0 Å². The van der Waals surface area contributed by atoms with Crippen molar-refractivity contribution >= 4 is 21.8 Å². The smallest absolute Gasteiger partial charge is 0.222 e. The van der Waals surface area contributed by atoms with E-state index >= 15 is 0 Å². The van der Waals surface area contributed by atoms with Gasteiger partial charge in [0.2, 0.25) is 5.91 Å². The third-order valence-electron chi connectivity index (χ3n) is 3.98. The van der Waals surface area contributed by atoms with Crippen LogP contribution in [0.1, 0.15) is 58.8 Å². The predicted octanol–water partition coefficient (Wildman–Crippen LogP) is 3.75. The van der Waals surface area contributed by atoms with Gasteiger partial charge in [-0.2, -0.15) is 0 Å². The summed E-state index contributed by atoms with van der Waals surface area (Å²) in [6.45, 7) is 6.01. The lowest BCUT2D eigenvalue weighted by Crippen LogP contribution is -2.41. The van der Waals surface area contributed by atoms with Gasteiger partial charge in [-0.1, -0.05) is 29.8 Å². The molecule has 0 aromatic heterocycles. The molecule has 1 atom stereocenters. The molecule has 0 radical (unpaired) electrons. The Morgan fingerprint density at radius 1 is 1.37 bits per heavy atom. The highest BCUT2D eigenvalue weighted by Gasteiger charge is 2.22. The number of alkyl halides is 1. The zero-order chi connectivity index (χ0) is 14.1. The van der Waals surface area contributed by atoms with E-state index in [1.165, 1.54) is 12.8 Å². The lowest BCUT2D eigenvalue weighted by Gasteiger charge is -2.31. The number of carbonyl (C=O) groups is 1. The Bertz CT molecular complexity index is 251. The molecule has 1 aliphatic rings. The van der Waals surface area contributed by atoms with Crippen molar-refractivity contribution in [2.75, 3.05) is 18.5 Å². The summed E-state index contributed by atoms with van der Waals surface area (Å²) in [4.78, 5) is 14.4. The lowest BCUT2D eigenvalue weighted by atomic mass is 10.0. The van der Waals surface area contributed by atoms with Crippen LogP contribution in [0.5, 0.6) is 0 Å². The second-order valence-corrected chi connectivity index (χ2v) is 6.07. The summed E-state index contributed by atoms with van der Waals surface area (Å²) < 4.78 is 5.70. The molecule has 1 amide bonds. The molecule has 1 fully saturated rings. The third-order valence-corrected chi connectivity index (χ3v) is 4.34. The van der Waals surface area contributed by atoms with E-state index in [0.717, 1.165) is 44.2 Å².